The number of benzene rings is 1. The summed E-state index contributed by atoms with van der Waals surface area (Å²) in [7, 11) is 0. The molecule has 0 atom stereocenters. The molecule has 1 aliphatic rings. The SMILES string of the molecule is c1coc(COCc2ccccc2CCNC2CC2)c1. The molecule has 3 heteroatoms. The summed E-state index contributed by atoms with van der Waals surface area (Å²) in [6, 6.07) is 13.1. The van der Waals surface area contributed by atoms with Gasteiger partial charge in [-0.3, -0.25) is 0 Å². The van der Waals surface area contributed by atoms with Crippen LogP contribution in [0.25, 0.3) is 0 Å². The molecule has 1 saturated carbocycles. The predicted octanol–water partition coefficient (Wildman–Crippen LogP) is 3.29. The highest BCUT2D eigenvalue weighted by Crippen LogP contribution is 2.19. The third kappa shape index (κ3) is 3.95. The Kier molecular flexibility index (Phi) is 4.51. The van der Waals surface area contributed by atoms with Crippen molar-refractivity contribution in [3.05, 3.63) is 59.5 Å². The molecule has 0 aliphatic heterocycles. The Hall–Kier alpha value is -1.58. The van der Waals surface area contributed by atoms with E-state index in [1.54, 1.807) is 6.26 Å². The van der Waals surface area contributed by atoms with Crippen LogP contribution in [0, 0.1) is 0 Å². The Bertz CT molecular complexity index is 518. The van der Waals surface area contributed by atoms with Crippen LogP contribution < -0.4 is 5.32 Å². The zero-order valence-electron chi connectivity index (χ0n) is 11.7. The summed E-state index contributed by atoms with van der Waals surface area (Å²) < 4.78 is 11.0. The maximum atomic E-state index is 5.73. The van der Waals surface area contributed by atoms with Crippen LogP contribution in [-0.4, -0.2) is 12.6 Å². The number of hydrogen-bond acceptors (Lipinski definition) is 3. The third-order valence-corrected chi connectivity index (χ3v) is 3.61. The number of nitrogens with one attached hydrogen (secondary N) is 1. The molecule has 20 heavy (non-hydrogen) atoms. The third-order valence-electron chi connectivity index (χ3n) is 3.61. The van der Waals surface area contributed by atoms with Crippen LogP contribution in [0.4, 0.5) is 0 Å². The topological polar surface area (TPSA) is 34.4 Å². The van der Waals surface area contributed by atoms with Gasteiger partial charge in [0.1, 0.15) is 12.4 Å². The second-order valence-electron chi connectivity index (χ2n) is 5.32. The fourth-order valence-electron chi connectivity index (χ4n) is 2.30. The fraction of sp³-hybridized carbons (Fsp3) is 0.412. The van der Waals surface area contributed by atoms with E-state index in [0.717, 1.165) is 24.8 Å². The first-order valence-electron chi connectivity index (χ1n) is 7.32. The molecule has 0 radical (unpaired) electrons. The number of rotatable bonds is 8. The molecule has 0 bridgehead atoms. The molecule has 1 aliphatic carbocycles. The van der Waals surface area contributed by atoms with Gasteiger partial charge in [0.25, 0.3) is 0 Å². The van der Waals surface area contributed by atoms with Gasteiger partial charge in [-0.1, -0.05) is 24.3 Å². The van der Waals surface area contributed by atoms with E-state index >= 15 is 0 Å². The molecule has 0 saturated heterocycles. The maximum Gasteiger partial charge on any atom is 0.129 e. The van der Waals surface area contributed by atoms with Crippen molar-refractivity contribution in [3.8, 4) is 0 Å². The van der Waals surface area contributed by atoms with Crippen LogP contribution in [0.3, 0.4) is 0 Å². The second kappa shape index (κ2) is 6.73. The van der Waals surface area contributed by atoms with Gasteiger partial charge in [0.05, 0.1) is 12.9 Å². The van der Waals surface area contributed by atoms with E-state index in [1.165, 1.54) is 24.0 Å². The van der Waals surface area contributed by atoms with E-state index < -0.39 is 0 Å². The number of furan rings is 1. The molecular weight excluding hydrogens is 250 g/mol. The Morgan fingerprint density at radius 2 is 1.90 bits per heavy atom. The van der Waals surface area contributed by atoms with Gasteiger partial charge >= 0.3 is 0 Å². The maximum absolute atomic E-state index is 5.73. The number of hydrogen-bond donors (Lipinski definition) is 1. The lowest BCUT2D eigenvalue weighted by atomic mass is 10.1. The summed E-state index contributed by atoms with van der Waals surface area (Å²) >= 11 is 0. The fourth-order valence-corrected chi connectivity index (χ4v) is 2.30. The summed E-state index contributed by atoms with van der Waals surface area (Å²) in [5.74, 6) is 0.873. The quantitative estimate of drug-likeness (QED) is 0.800. The standard InChI is InChI=1S/C17H21NO2/c1-2-5-15(12-19-13-17-6-3-11-20-17)14(4-1)9-10-18-16-7-8-16/h1-6,11,16,18H,7-10,12-13H2. The van der Waals surface area contributed by atoms with Gasteiger partial charge in [0, 0.05) is 6.04 Å². The Labute approximate surface area is 119 Å². The minimum Gasteiger partial charge on any atom is -0.467 e. The molecule has 0 unspecified atom stereocenters. The Morgan fingerprint density at radius 3 is 2.65 bits per heavy atom. The van der Waals surface area contributed by atoms with Crippen molar-refractivity contribution in [1.29, 1.82) is 0 Å². The van der Waals surface area contributed by atoms with E-state index in [0.29, 0.717) is 13.2 Å². The smallest absolute Gasteiger partial charge is 0.129 e. The highest BCUT2D eigenvalue weighted by atomic mass is 16.5. The molecule has 1 fully saturated rings. The van der Waals surface area contributed by atoms with E-state index in [2.05, 4.69) is 29.6 Å². The largest absolute Gasteiger partial charge is 0.467 e. The van der Waals surface area contributed by atoms with E-state index in [4.69, 9.17) is 9.15 Å². The Balaban J connectivity index is 1.49. The predicted molar refractivity (Wildman–Crippen MR) is 78.4 cm³/mol. The van der Waals surface area contributed by atoms with Gasteiger partial charge in [-0.25, -0.2) is 0 Å². The van der Waals surface area contributed by atoms with Crippen LogP contribution in [0.5, 0.6) is 0 Å². The van der Waals surface area contributed by atoms with Crippen molar-refractivity contribution >= 4 is 0 Å². The molecule has 2 aromatic rings. The minimum absolute atomic E-state index is 0.529. The highest BCUT2D eigenvalue weighted by molar-refractivity contribution is 5.26. The van der Waals surface area contributed by atoms with E-state index in [1.807, 2.05) is 12.1 Å². The van der Waals surface area contributed by atoms with Crippen LogP contribution in [-0.2, 0) is 24.4 Å². The van der Waals surface area contributed by atoms with Gasteiger partial charge in [0.2, 0.25) is 0 Å². The molecular formula is C17H21NO2. The lowest BCUT2D eigenvalue weighted by molar-refractivity contribution is 0.0924. The van der Waals surface area contributed by atoms with Crippen molar-refractivity contribution in [1.82, 2.24) is 5.32 Å². The van der Waals surface area contributed by atoms with Crippen molar-refractivity contribution in [2.24, 2.45) is 0 Å². The molecule has 3 rings (SSSR count). The first kappa shape index (κ1) is 13.4. The highest BCUT2D eigenvalue weighted by Gasteiger charge is 2.19. The van der Waals surface area contributed by atoms with Crippen LogP contribution in [0.1, 0.15) is 29.7 Å². The average Bonchev–Trinajstić information content (AvgIpc) is 3.15. The van der Waals surface area contributed by atoms with E-state index in [9.17, 15) is 0 Å². The molecule has 1 N–H and O–H groups in total. The zero-order chi connectivity index (χ0) is 13.6. The summed E-state index contributed by atoms with van der Waals surface area (Å²) in [5, 5.41) is 3.55. The normalized spacial score (nSPS) is 14.6. The van der Waals surface area contributed by atoms with Crippen molar-refractivity contribution in [2.75, 3.05) is 6.54 Å². The first-order valence-corrected chi connectivity index (χ1v) is 7.32. The summed E-state index contributed by atoms with van der Waals surface area (Å²) in [6.07, 6.45) is 5.43. The van der Waals surface area contributed by atoms with Crippen LogP contribution >= 0.6 is 0 Å². The minimum atomic E-state index is 0.529. The van der Waals surface area contributed by atoms with Crippen molar-refractivity contribution in [3.63, 3.8) is 0 Å². The second-order valence-corrected chi connectivity index (χ2v) is 5.32. The number of ether oxygens (including phenoxy) is 1. The lowest BCUT2D eigenvalue weighted by Gasteiger charge is -2.10. The summed E-state index contributed by atoms with van der Waals surface area (Å²) in [4.78, 5) is 0. The molecule has 1 aromatic heterocycles. The zero-order valence-corrected chi connectivity index (χ0v) is 11.7. The lowest BCUT2D eigenvalue weighted by Crippen LogP contribution is -2.19. The summed E-state index contributed by atoms with van der Waals surface area (Å²) in [5.41, 5.74) is 2.65. The van der Waals surface area contributed by atoms with Gasteiger partial charge in [-0.05, 0) is 49.1 Å². The monoisotopic (exact) mass is 271 g/mol. The molecule has 1 heterocycles. The molecule has 3 nitrogen and oxygen atoms in total. The van der Waals surface area contributed by atoms with Crippen LogP contribution in [0.15, 0.2) is 47.1 Å². The van der Waals surface area contributed by atoms with Crippen molar-refractivity contribution in [2.45, 2.75) is 38.5 Å². The molecule has 0 amide bonds. The van der Waals surface area contributed by atoms with Gasteiger partial charge in [0.15, 0.2) is 0 Å². The van der Waals surface area contributed by atoms with Gasteiger partial charge in [-0.15, -0.1) is 0 Å². The van der Waals surface area contributed by atoms with Crippen molar-refractivity contribution < 1.29 is 9.15 Å². The Morgan fingerprint density at radius 1 is 1.05 bits per heavy atom. The molecule has 1 aromatic carbocycles. The van der Waals surface area contributed by atoms with Gasteiger partial charge in [-0.2, -0.15) is 0 Å². The van der Waals surface area contributed by atoms with Crippen LogP contribution in [0.2, 0.25) is 0 Å². The van der Waals surface area contributed by atoms with Gasteiger partial charge < -0.3 is 14.5 Å². The van der Waals surface area contributed by atoms with E-state index in [-0.39, 0.29) is 0 Å². The summed E-state index contributed by atoms with van der Waals surface area (Å²) in [6.45, 7) is 2.22. The first-order chi connectivity index (χ1) is 9.92. The molecule has 0 spiro atoms. The molecule has 106 valence electrons. The average molecular weight is 271 g/mol.